The number of rotatable bonds is 7. The third kappa shape index (κ3) is 3.42. The topological polar surface area (TPSA) is 57.0 Å². The molecule has 0 amide bonds. The summed E-state index contributed by atoms with van der Waals surface area (Å²) in [5.41, 5.74) is 5.84. The molecule has 1 heterocycles. The fraction of sp³-hybridized carbons (Fsp3) is 1.00. The third-order valence-corrected chi connectivity index (χ3v) is 4.26. The van der Waals surface area contributed by atoms with Gasteiger partial charge in [0.25, 0.3) is 0 Å². The minimum Gasteiger partial charge on any atom is -0.377 e. The van der Waals surface area contributed by atoms with Gasteiger partial charge in [0.1, 0.15) is 0 Å². The maximum atomic E-state index is 5.99. The Morgan fingerprint density at radius 3 is 2.44 bits per heavy atom. The largest absolute Gasteiger partial charge is 0.377 e. The standard InChI is InChI=1S/C13H28N2O3/c1-10-11(6-7-18-10)15(3)13(2,9-14)8-12(16-4)17-5/h10-12H,6-9,14H2,1-5H3. The number of likely N-dealkylation sites (N-methyl/N-ethyl adjacent to an activating group) is 1. The fourth-order valence-corrected chi connectivity index (χ4v) is 2.62. The maximum Gasteiger partial charge on any atom is 0.158 e. The van der Waals surface area contributed by atoms with Crippen molar-refractivity contribution in [2.45, 2.75) is 50.7 Å². The van der Waals surface area contributed by atoms with Crippen molar-refractivity contribution in [2.24, 2.45) is 5.73 Å². The smallest absolute Gasteiger partial charge is 0.158 e. The maximum absolute atomic E-state index is 5.99. The summed E-state index contributed by atoms with van der Waals surface area (Å²) < 4.78 is 16.2. The van der Waals surface area contributed by atoms with Gasteiger partial charge in [-0.1, -0.05) is 0 Å². The lowest BCUT2D eigenvalue weighted by atomic mass is 9.92. The van der Waals surface area contributed by atoms with E-state index in [1.54, 1.807) is 14.2 Å². The lowest BCUT2D eigenvalue weighted by Gasteiger charge is -2.43. The van der Waals surface area contributed by atoms with Crippen molar-refractivity contribution in [3.63, 3.8) is 0 Å². The van der Waals surface area contributed by atoms with Crippen LogP contribution in [0.15, 0.2) is 0 Å². The molecular formula is C13H28N2O3. The Hall–Kier alpha value is -0.200. The van der Waals surface area contributed by atoms with Crippen LogP contribution in [-0.2, 0) is 14.2 Å². The van der Waals surface area contributed by atoms with Crippen LogP contribution in [0.1, 0.15) is 26.7 Å². The highest BCUT2D eigenvalue weighted by Gasteiger charge is 2.39. The van der Waals surface area contributed by atoms with E-state index in [0.29, 0.717) is 12.6 Å². The number of nitrogens with two attached hydrogens (primary N) is 1. The summed E-state index contributed by atoms with van der Waals surface area (Å²) in [5, 5.41) is 0. The molecule has 1 saturated heterocycles. The van der Waals surface area contributed by atoms with Crippen LogP contribution in [0.4, 0.5) is 0 Å². The quantitative estimate of drug-likeness (QED) is 0.687. The van der Waals surface area contributed by atoms with Gasteiger partial charge in [-0.15, -0.1) is 0 Å². The first-order valence-electron chi connectivity index (χ1n) is 6.58. The van der Waals surface area contributed by atoms with E-state index in [1.165, 1.54) is 0 Å². The highest BCUT2D eigenvalue weighted by molar-refractivity contribution is 4.93. The van der Waals surface area contributed by atoms with Gasteiger partial charge in [0, 0.05) is 45.4 Å². The minimum atomic E-state index is -0.223. The second-order valence-electron chi connectivity index (χ2n) is 5.35. The Morgan fingerprint density at radius 1 is 1.44 bits per heavy atom. The molecule has 0 aliphatic carbocycles. The SMILES string of the molecule is COC(CC(C)(CN)N(C)C1CCOC1C)OC. The fourth-order valence-electron chi connectivity index (χ4n) is 2.62. The molecule has 2 N–H and O–H groups in total. The number of methoxy groups -OCH3 is 2. The van der Waals surface area contributed by atoms with Crippen LogP contribution >= 0.6 is 0 Å². The number of nitrogens with zero attached hydrogens (tertiary/aromatic N) is 1. The summed E-state index contributed by atoms with van der Waals surface area (Å²) in [6, 6.07) is 0.410. The molecule has 0 aromatic heterocycles. The molecule has 5 heteroatoms. The zero-order valence-electron chi connectivity index (χ0n) is 12.3. The van der Waals surface area contributed by atoms with Gasteiger partial charge in [-0.2, -0.15) is 0 Å². The second kappa shape index (κ2) is 6.82. The van der Waals surface area contributed by atoms with Crippen LogP contribution in [-0.4, -0.2) is 63.3 Å². The van der Waals surface area contributed by atoms with Crippen LogP contribution in [0.25, 0.3) is 0 Å². The Kier molecular flexibility index (Phi) is 6.01. The predicted molar refractivity (Wildman–Crippen MR) is 71.5 cm³/mol. The van der Waals surface area contributed by atoms with Crippen molar-refractivity contribution in [3.05, 3.63) is 0 Å². The second-order valence-corrected chi connectivity index (χ2v) is 5.35. The van der Waals surface area contributed by atoms with Crippen molar-refractivity contribution >= 4 is 0 Å². The van der Waals surface area contributed by atoms with Crippen LogP contribution in [0.5, 0.6) is 0 Å². The summed E-state index contributed by atoms with van der Waals surface area (Å²) in [4.78, 5) is 2.33. The molecule has 5 nitrogen and oxygen atoms in total. The summed E-state index contributed by atoms with van der Waals surface area (Å²) in [7, 11) is 5.43. The molecule has 3 unspecified atom stereocenters. The molecule has 18 heavy (non-hydrogen) atoms. The Morgan fingerprint density at radius 2 is 2.06 bits per heavy atom. The molecule has 1 aliphatic rings. The van der Waals surface area contributed by atoms with E-state index < -0.39 is 0 Å². The molecule has 0 aromatic rings. The molecule has 0 bridgehead atoms. The molecule has 1 aliphatic heterocycles. The van der Waals surface area contributed by atoms with Crippen molar-refractivity contribution in [2.75, 3.05) is 34.4 Å². The summed E-state index contributed by atoms with van der Waals surface area (Å²) >= 11 is 0. The van der Waals surface area contributed by atoms with Crippen LogP contribution < -0.4 is 5.73 Å². The van der Waals surface area contributed by atoms with E-state index in [1.807, 2.05) is 0 Å². The minimum absolute atomic E-state index is 0.149. The Labute approximate surface area is 111 Å². The first kappa shape index (κ1) is 15.9. The average molecular weight is 260 g/mol. The van der Waals surface area contributed by atoms with E-state index in [4.69, 9.17) is 19.9 Å². The van der Waals surface area contributed by atoms with Gasteiger partial charge in [0.05, 0.1) is 6.10 Å². The highest BCUT2D eigenvalue weighted by atomic mass is 16.7. The molecule has 0 radical (unpaired) electrons. The van der Waals surface area contributed by atoms with Crippen molar-refractivity contribution < 1.29 is 14.2 Å². The first-order valence-corrected chi connectivity index (χ1v) is 6.58. The van der Waals surface area contributed by atoms with Gasteiger partial charge < -0.3 is 19.9 Å². The van der Waals surface area contributed by atoms with E-state index in [9.17, 15) is 0 Å². The molecule has 0 saturated carbocycles. The van der Waals surface area contributed by atoms with E-state index in [0.717, 1.165) is 19.4 Å². The zero-order valence-corrected chi connectivity index (χ0v) is 12.3. The van der Waals surface area contributed by atoms with Crippen LogP contribution in [0.2, 0.25) is 0 Å². The summed E-state index contributed by atoms with van der Waals surface area (Å²) in [6.45, 7) is 5.67. The third-order valence-electron chi connectivity index (χ3n) is 4.26. The van der Waals surface area contributed by atoms with Crippen LogP contribution in [0, 0.1) is 0 Å². The number of hydrogen-bond donors (Lipinski definition) is 1. The Bertz CT molecular complexity index is 248. The van der Waals surface area contributed by atoms with Gasteiger partial charge in [-0.3, -0.25) is 4.90 Å². The molecule has 1 rings (SSSR count). The first-order chi connectivity index (χ1) is 8.48. The molecule has 0 aromatic carbocycles. The van der Waals surface area contributed by atoms with E-state index >= 15 is 0 Å². The summed E-state index contributed by atoms with van der Waals surface area (Å²) in [5.74, 6) is 0. The van der Waals surface area contributed by atoms with Crippen molar-refractivity contribution in [1.29, 1.82) is 0 Å². The van der Waals surface area contributed by atoms with Gasteiger partial charge >= 0.3 is 0 Å². The van der Waals surface area contributed by atoms with E-state index in [2.05, 4.69) is 25.8 Å². The van der Waals surface area contributed by atoms with Gasteiger partial charge in [0.15, 0.2) is 6.29 Å². The van der Waals surface area contributed by atoms with Gasteiger partial charge in [0.2, 0.25) is 0 Å². The van der Waals surface area contributed by atoms with Crippen molar-refractivity contribution in [1.82, 2.24) is 4.90 Å². The molecule has 1 fully saturated rings. The molecule has 3 atom stereocenters. The lowest BCUT2D eigenvalue weighted by Crippen LogP contribution is -2.57. The normalized spacial score (nSPS) is 28.0. The molecular weight excluding hydrogens is 232 g/mol. The summed E-state index contributed by atoms with van der Waals surface area (Å²) in [6.07, 6.45) is 1.83. The zero-order chi connectivity index (χ0) is 13.8. The van der Waals surface area contributed by atoms with Gasteiger partial charge in [-0.25, -0.2) is 0 Å². The Balaban J connectivity index is 2.72. The lowest BCUT2D eigenvalue weighted by molar-refractivity contribution is -0.131. The average Bonchev–Trinajstić information content (AvgIpc) is 2.80. The van der Waals surface area contributed by atoms with Crippen molar-refractivity contribution in [3.8, 4) is 0 Å². The number of ether oxygens (including phenoxy) is 3. The molecule has 0 spiro atoms. The predicted octanol–water partition coefficient (Wildman–Crippen LogP) is 0.822. The van der Waals surface area contributed by atoms with Crippen LogP contribution in [0.3, 0.4) is 0 Å². The molecule has 108 valence electrons. The number of hydrogen-bond acceptors (Lipinski definition) is 5. The van der Waals surface area contributed by atoms with Gasteiger partial charge in [-0.05, 0) is 27.3 Å². The monoisotopic (exact) mass is 260 g/mol. The van der Waals surface area contributed by atoms with E-state index in [-0.39, 0.29) is 17.9 Å². The highest BCUT2D eigenvalue weighted by Crippen LogP contribution is 2.28.